The van der Waals surface area contributed by atoms with Crippen molar-refractivity contribution in [1.82, 2.24) is 0 Å². The van der Waals surface area contributed by atoms with Crippen molar-refractivity contribution in [3.8, 4) is 0 Å². The Hall–Kier alpha value is -2.09. The van der Waals surface area contributed by atoms with Gasteiger partial charge in [-0.1, -0.05) is 30.7 Å². The third kappa shape index (κ3) is 5.72. The predicted octanol–water partition coefficient (Wildman–Crippen LogP) is 5.41. The number of amides is 2. The first-order valence-electron chi connectivity index (χ1n) is 9.71. The van der Waals surface area contributed by atoms with Gasteiger partial charge in [-0.2, -0.15) is 0 Å². The van der Waals surface area contributed by atoms with Gasteiger partial charge in [0.15, 0.2) is 9.84 Å². The van der Waals surface area contributed by atoms with Crippen molar-refractivity contribution < 1.29 is 17.9 Å². The standard InChI is InChI=1S/C21H25ClN2O4S/c1-2-12-29(26,27)17-9-10-18(20-8-3-4-11-28-20)19(14-17)24-21(25)23-16-7-5-6-15(22)13-16/h5-7,9-10,13-14,20H,2-4,8,11-12H2,1H3,(H2,23,24,25). The summed E-state index contributed by atoms with van der Waals surface area (Å²) in [5.41, 5.74) is 1.76. The van der Waals surface area contributed by atoms with Gasteiger partial charge in [0, 0.05) is 28.6 Å². The van der Waals surface area contributed by atoms with E-state index in [1.807, 2.05) is 6.92 Å². The highest BCUT2D eigenvalue weighted by Crippen LogP contribution is 2.34. The number of anilines is 2. The van der Waals surface area contributed by atoms with Gasteiger partial charge >= 0.3 is 6.03 Å². The Balaban J connectivity index is 1.88. The number of carbonyl (C=O) groups is 1. The summed E-state index contributed by atoms with van der Waals surface area (Å²) < 4.78 is 30.9. The van der Waals surface area contributed by atoms with E-state index in [4.69, 9.17) is 16.3 Å². The zero-order valence-electron chi connectivity index (χ0n) is 16.3. The van der Waals surface area contributed by atoms with E-state index in [9.17, 15) is 13.2 Å². The Kier molecular flexibility index (Phi) is 7.16. The molecule has 29 heavy (non-hydrogen) atoms. The SMILES string of the molecule is CCCS(=O)(=O)c1ccc(C2CCCCO2)c(NC(=O)Nc2cccc(Cl)c2)c1. The van der Waals surface area contributed by atoms with Crippen LogP contribution >= 0.6 is 11.6 Å². The minimum atomic E-state index is -3.41. The molecule has 8 heteroatoms. The van der Waals surface area contributed by atoms with Crippen molar-refractivity contribution in [2.24, 2.45) is 0 Å². The lowest BCUT2D eigenvalue weighted by molar-refractivity contribution is 0.0154. The third-order valence-electron chi connectivity index (χ3n) is 4.71. The van der Waals surface area contributed by atoms with Gasteiger partial charge in [-0.15, -0.1) is 0 Å². The molecule has 3 rings (SSSR count). The summed E-state index contributed by atoms with van der Waals surface area (Å²) in [4.78, 5) is 12.8. The molecule has 1 unspecified atom stereocenters. The van der Waals surface area contributed by atoms with Crippen LogP contribution in [0.5, 0.6) is 0 Å². The van der Waals surface area contributed by atoms with Gasteiger partial charge in [0.05, 0.1) is 16.8 Å². The molecule has 6 nitrogen and oxygen atoms in total. The van der Waals surface area contributed by atoms with Crippen molar-refractivity contribution >= 4 is 38.8 Å². The molecule has 1 atom stereocenters. The maximum Gasteiger partial charge on any atom is 0.323 e. The zero-order chi connectivity index (χ0) is 20.9. The topological polar surface area (TPSA) is 84.5 Å². The Morgan fingerprint density at radius 2 is 2.00 bits per heavy atom. The summed E-state index contributed by atoms with van der Waals surface area (Å²) >= 11 is 5.96. The number of halogens is 1. The molecule has 0 saturated carbocycles. The fourth-order valence-corrected chi connectivity index (χ4v) is 4.88. The molecule has 0 spiro atoms. The normalized spacial score (nSPS) is 17.0. The van der Waals surface area contributed by atoms with Crippen molar-refractivity contribution in [3.63, 3.8) is 0 Å². The molecule has 1 saturated heterocycles. The average molecular weight is 437 g/mol. The van der Waals surface area contributed by atoms with Crippen molar-refractivity contribution in [2.45, 2.75) is 43.6 Å². The van der Waals surface area contributed by atoms with E-state index in [0.29, 0.717) is 29.4 Å². The highest BCUT2D eigenvalue weighted by molar-refractivity contribution is 7.91. The van der Waals surface area contributed by atoms with Crippen LogP contribution < -0.4 is 10.6 Å². The maximum absolute atomic E-state index is 12.6. The van der Waals surface area contributed by atoms with Gasteiger partial charge in [-0.3, -0.25) is 0 Å². The molecule has 1 fully saturated rings. The average Bonchev–Trinajstić information content (AvgIpc) is 2.68. The largest absolute Gasteiger partial charge is 0.373 e. The first kappa shape index (κ1) is 21.6. The van der Waals surface area contributed by atoms with Crippen molar-refractivity contribution in [3.05, 3.63) is 53.1 Å². The number of benzene rings is 2. The Bertz CT molecular complexity index is 972. The van der Waals surface area contributed by atoms with Crippen LogP contribution in [0.25, 0.3) is 0 Å². The van der Waals surface area contributed by atoms with Crippen LogP contribution in [-0.2, 0) is 14.6 Å². The van der Waals surface area contributed by atoms with Crippen molar-refractivity contribution in [1.29, 1.82) is 0 Å². The van der Waals surface area contributed by atoms with Crippen molar-refractivity contribution in [2.75, 3.05) is 23.0 Å². The number of rotatable bonds is 6. The number of ether oxygens (including phenoxy) is 1. The number of hydrogen-bond acceptors (Lipinski definition) is 4. The lowest BCUT2D eigenvalue weighted by atomic mass is 10.00. The van der Waals surface area contributed by atoms with E-state index in [0.717, 1.165) is 24.8 Å². The first-order valence-corrected chi connectivity index (χ1v) is 11.7. The summed E-state index contributed by atoms with van der Waals surface area (Å²) in [5.74, 6) is 0.0560. The molecule has 156 valence electrons. The first-order chi connectivity index (χ1) is 13.9. The molecule has 1 aliphatic rings. The Morgan fingerprint density at radius 1 is 1.17 bits per heavy atom. The predicted molar refractivity (Wildman–Crippen MR) is 115 cm³/mol. The summed E-state index contributed by atoms with van der Waals surface area (Å²) in [6.45, 7) is 2.47. The lowest BCUT2D eigenvalue weighted by Gasteiger charge is -2.25. The molecule has 2 aromatic carbocycles. The Morgan fingerprint density at radius 3 is 2.69 bits per heavy atom. The summed E-state index contributed by atoms with van der Waals surface area (Å²) in [6, 6.07) is 11.2. The fraction of sp³-hybridized carbons (Fsp3) is 0.381. The van der Waals surface area contributed by atoms with E-state index in [1.54, 1.807) is 36.4 Å². The van der Waals surface area contributed by atoms with Crippen LogP contribution in [0, 0.1) is 0 Å². The summed E-state index contributed by atoms with van der Waals surface area (Å²) in [6.07, 6.45) is 3.19. The van der Waals surface area contributed by atoms with Gasteiger partial charge in [0.2, 0.25) is 0 Å². The van der Waals surface area contributed by atoms with Crippen LogP contribution in [-0.4, -0.2) is 26.8 Å². The molecule has 1 aliphatic heterocycles. The molecule has 0 bridgehead atoms. The number of urea groups is 1. The fourth-order valence-electron chi connectivity index (χ4n) is 3.34. The molecule has 0 aliphatic carbocycles. The van der Waals surface area contributed by atoms with Crippen LogP contribution in [0.2, 0.25) is 5.02 Å². The highest BCUT2D eigenvalue weighted by atomic mass is 35.5. The maximum atomic E-state index is 12.6. The number of carbonyl (C=O) groups excluding carboxylic acids is 1. The molecule has 0 radical (unpaired) electrons. The van der Waals surface area contributed by atoms with Gasteiger partial charge in [-0.25, -0.2) is 13.2 Å². The van der Waals surface area contributed by atoms with Crippen LogP contribution in [0.15, 0.2) is 47.4 Å². The monoisotopic (exact) mass is 436 g/mol. The molecule has 2 amide bonds. The highest BCUT2D eigenvalue weighted by Gasteiger charge is 2.23. The second-order valence-electron chi connectivity index (χ2n) is 7.01. The van der Waals surface area contributed by atoms with Crippen LogP contribution in [0.1, 0.15) is 44.3 Å². The van der Waals surface area contributed by atoms with Gasteiger partial charge < -0.3 is 15.4 Å². The van der Waals surface area contributed by atoms with E-state index in [2.05, 4.69) is 10.6 Å². The van der Waals surface area contributed by atoms with E-state index in [1.165, 1.54) is 6.07 Å². The third-order valence-corrected chi connectivity index (χ3v) is 6.87. The number of nitrogens with one attached hydrogen (secondary N) is 2. The Labute approximate surface area is 176 Å². The van der Waals surface area contributed by atoms with Gasteiger partial charge in [0.25, 0.3) is 0 Å². The molecular weight excluding hydrogens is 412 g/mol. The van der Waals surface area contributed by atoms with Gasteiger partial charge in [0.1, 0.15) is 0 Å². The number of hydrogen-bond donors (Lipinski definition) is 2. The molecule has 2 N–H and O–H groups in total. The van der Waals surface area contributed by atoms with E-state index >= 15 is 0 Å². The summed E-state index contributed by atoms with van der Waals surface area (Å²) in [7, 11) is -3.41. The second-order valence-corrected chi connectivity index (χ2v) is 9.56. The summed E-state index contributed by atoms with van der Waals surface area (Å²) in [5, 5.41) is 6.02. The molecular formula is C21H25ClN2O4S. The molecule has 0 aromatic heterocycles. The molecule has 1 heterocycles. The lowest BCUT2D eigenvalue weighted by Crippen LogP contribution is -2.22. The van der Waals surface area contributed by atoms with Gasteiger partial charge in [-0.05, 0) is 56.0 Å². The van der Waals surface area contributed by atoms with Crippen LogP contribution in [0.3, 0.4) is 0 Å². The number of sulfone groups is 1. The minimum Gasteiger partial charge on any atom is -0.373 e. The minimum absolute atomic E-state index is 0.0560. The quantitative estimate of drug-likeness (QED) is 0.634. The van der Waals surface area contributed by atoms with E-state index in [-0.39, 0.29) is 16.8 Å². The molecule has 2 aromatic rings. The second kappa shape index (κ2) is 9.61. The van der Waals surface area contributed by atoms with E-state index < -0.39 is 15.9 Å². The smallest absolute Gasteiger partial charge is 0.323 e. The van der Waals surface area contributed by atoms with Crippen LogP contribution in [0.4, 0.5) is 16.2 Å². The zero-order valence-corrected chi connectivity index (χ0v) is 17.9.